The standard InChI is InChI=1S/C20H23N5/c1-15-8-6-9-16(2)19(15)23-18-14-22-25-20(24-18)21-13-7-12-17-10-4-3-5-11-17/h3-6,8-11,14H,7,12-13H2,1-2H3,(H2,21,23,24,25). The Morgan fingerprint density at radius 3 is 2.44 bits per heavy atom. The van der Waals surface area contributed by atoms with Crippen molar-refractivity contribution in [3.8, 4) is 0 Å². The number of aryl methyl sites for hydroxylation is 3. The van der Waals surface area contributed by atoms with Gasteiger partial charge in [0.25, 0.3) is 0 Å². The van der Waals surface area contributed by atoms with Crippen molar-refractivity contribution in [1.82, 2.24) is 15.2 Å². The molecule has 0 saturated heterocycles. The van der Waals surface area contributed by atoms with E-state index < -0.39 is 0 Å². The number of para-hydroxylation sites is 1. The summed E-state index contributed by atoms with van der Waals surface area (Å²) in [5, 5.41) is 14.7. The van der Waals surface area contributed by atoms with Crippen LogP contribution in [0.5, 0.6) is 0 Å². The minimum Gasteiger partial charge on any atom is -0.353 e. The molecule has 25 heavy (non-hydrogen) atoms. The Hall–Kier alpha value is -2.95. The van der Waals surface area contributed by atoms with Gasteiger partial charge in [0.2, 0.25) is 5.95 Å². The summed E-state index contributed by atoms with van der Waals surface area (Å²) in [6.45, 7) is 4.96. The van der Waals surface area contributed by atoms with Crippen LogP contribution >= 0.6 is 0 Å². The van der Waals surface area contributed by atoms with E-state index in [-0.39, 0.29) is 0 Å². The maximum atomic E-state index is 4.50. The Balaban J connectivity index is 1.56. The molecule has 0 fully saturated rings. The first-order valence-corrected chi connectivity index (χ1v) is 8.53. The lowest BCUT2D eigenvalue weighted by atomic mass is 10.1. The fraction of sp³-hybridized carbons (Fsp3) is 0.250. The van der Waals surface area contributed by atoms with Gasteiger partial charge in [-0.15, -0.1) is 5.10 Å². The lowest BCUT2D eigenvalue weighted by Crippen LogP contribution is -2.09. The minimum absolute atomic E-state index is 0.546. The second kappa shape index (κ2) is 8.24. The molecule has 0 aliphatic heterocycles. The fourth-order valence-corrected chi connectivity index (χ4v) is 2.72. The molecule has 5 nitrogen and oxygen atoms in total. The maximum absolute atomic E-state index is 4.50. The molecule has 2 N–H and O–H groups in total. The highest BCUT2D eigenvalue weighted by Gasteiger charge is 2.05. The lowest BCUT2D eigenvalue weighted by Gasteiger charge is -2.12. The van der Waals surface area contributed by atoms with Crippen LogP contribution in [0.1, 0.15) is 23.1 Å². The summed E-state index contributed by atoms with van der Waals surface area (Å²) in [4.78, 5) is 4.50. The van der Waals surface area contributed by atoms with Gasteiger partial charge in [0.05, 0.1) is 6.20 Å². The lowest BCUT2D eigenvalue weighted by molar-refractivity contribution is 0.843. The van der Waals surface area contributed by atoms with Gasteiger partial charge in [-0.25, -0.2) is 0 Å². The monoisotopic (exact) mass is 333 g/mol. The highest BCUT2D eigenvalue weighted by Crippen LogP contribution is 2.23. The summed E-state index contributed by atoms with van der Waals surface area (Å²) < 4.78 is 0. The highest BCUT2D eigenvalue weighted by molar-refractivity contribution is 5.64. The third-order valence-electron chi connectivity index (χ3n) is 4.06. The molecule has 3 aromatic rings. The fourth-order valence-electron chi connectivity index (χ4n) is 2.72. The van der Waals surface area contributed by atoms with Gasteiger partial charge in [0, 0.05) is 12.2 Å². The van der Waals surface area contributed by atoms with E-state index in [0.29, 0.717) is 11.8 Å². The van der Waals surface area contributed by atoms with Crippen molar-refractivity contribution in [2.24, 2.45) is 0 Å². The second-order valence-electron chi connectivity index (χ2n) is 6.07. The summed E-state index contributed by atoms with van der Waals surface area (Å²) in [7, 11) is 0. The zero-order valence-corrected chi connectivity index (χ0v) is 14.7. The highest BCUT2D eigenvalue weighted by atomic mass is 15.3. The molecule has 0 aliphatic carbocycles. The quantitative estimate of drug-likeness (QED) is 0.632. The maximum Gasteiger partial charge on any atom is 0.244 e. The summed E-state index contributed by atoms with van der Waals surface area (Å²) in [5.74, 6) is 1.24. The van der Waals surface area contributed by atoms with Gasteiger partial charge in [0.15, 0.2) is 5.82 Å². The van der Waals surface area contributed by atoms with Crippen molar-refractivity contribution < 1.29 is 0 Å². The summed E-state index contributed by atoms with van der Waals surface area (Å²) in [6, 6.07) is 16.7. The molecular weight excluding hydrogens is 310 g/mol. The van der Waals surface area contributed by atoms with Crippen LogP contribution in [0, 0.1) is 13.8 Å². The normalized spacial score (nSPS) is 10.5. The van der Waals surface area contributed by atoms with Gasteiger partial charge < -0.3 is 10.6 Å². The van der Waals surface area contributed by atoms with Gasteiger partial charge in [0.1, 0.15) is 0 Å². The summed E-state index contributed by atoms with van der Waals surface area (Å²) >= 11 is 0. The van der Waals surface area contributed by atoms with Crippen molar-refractivity contribution >= 4 is 17.5 Å². The molecule has 0 unspecified atom stereocenters. The van der Waals surface area contributed by atoms with Crippen molar-refractivity contribution in [1.29, 1.82) is 0 Å². The number of nitrogens with one attached hydrogen (secondary N) is 2. The first-order valence-electron chi connectivity index (χ1n) is 8.53. The predicted molar refractivity (Wildman–Crippen MR) is 102 cm³/mol. The molecule has 0 aliphatic rings. The number of aromatic nitrogens is 3. The van der Waals surface area contributed by atoms with Crippen molar-refractivity contribution in [2.75, 3.05) is 17.2 Å². The Kier molecular flexibility index (Phi) is 5.57. The molecule has 0 radical (unpaired) electrons. The zero-order valence-electron chi connectivity index (χ0n) is 14.7. The number of benzene rings is 2. The average molecular weight is 333 g/mol. The Morgan fingerprint density at radius 2 is 1.68 bits per heavy atom. The zero-order chi connectivity index (χ0) is 17.5. The molecule has 128 valence electrons. The van der Waals surface area contributed by atoms with Gasteiger partial charge in [-0.2, -0.15) is 10.1 Å². The SMILES string of the molecule is Cc1cccc(C)c1Nc1cnnc(NCCCc2ccccc2)n1. The van der Waals surface area contributed by atoms with E-state index in [1.54, 1.807) is 6.20 Å². The first kappa shape index (κ1) is 16.9. The van der Waals surface area contributed by atoms with Crippen LogP contribution in [0.25, 0.3) is 0 Å². The van der Waals surface area contributed by atoms with Gasteiger partial charge >= 0.3 is 0 Å². The number of hydrogen-bond donors (Lipinski definition) is 2. The summed E-state index contributed by atoms with van der Waals surface area (Å²) in [6.07, 6.45) is 3.69. The van der Waals surface area contributed by atoms with E-state index in [1.165, 1.54) is 16.7 Å². The van der Waals surface area contributed by atoms with E-state index in [2.05, 4.69) is 76.1 Å². The number of hydrogen-bond acceptors (Lipinski definition) is 5. The number of rotatable bonds is 7. The van der Waals surface area contributed by atoms with Crippen LogP contribution in [0.4, 0.5) is 17.5 Å². The molecule has 3 rings (SSSR count). The van der Waals surface area contributed by atoms with E-state index in [4.69, 9.17) is 0 Å². The van der Waals surface area contributed by atoms with E-state index in [1.807, 2.05) is 12.1 Å². The van der Waals surface area contributed by atoms with Crippen LogP contribution in [-0.2, 0) is 6.42 Å². The van der Waals surface area contributed by atoms with Crippen LogP contribution < -0.4 is 10.6 Å². The molecule has 0 amide bonds. The van der Waals surface area contributed by atoms with Gasteiger partial charge in [-0.1, -0.05) is 48.5 Å². The van der Waals surface area contributed by atoms with Crippen molar-refractivity contribution in [3.63, 3.8) is 0 Å². The average Bonchev–Trinajstić information content (AvgIpc) is 2.63. The first-order chi connectivity index (χ1) is 12.2. The van der Waals surface area contributed by atoms with Crippen molar-refractivity contribution in [3.05, 3.63) is 71.4 Å². The van der Waals surface area contributed by atoms with Crippen molar-refractivity contribution in [2.45, 2.75) is 26.7 Å². The molecule has 0 atom stereocenters. The topological polar surface area (TPSA) is 62.7 Å². The Labute approximate surface area is 148 Å². The molecule has 5 heteroatoms. The molecule has 0 saturated carbocycles. The third-order valence-corrected chi connectivity index (χ3v) is 4.06. The van der Waals surface area contributed by atoms with Crippen LogP contribution in [0.2, 0.25) is 0 Å². The smallest absolute Gasteiger partial charge is 0.244 e. The summed E-state index contributed by atoms with van der Waals surface area (Å²) in [5.41, 5.74) is 4.76. The molecule has 0 spiro atoms. The van der Waals surface area contributed by atoms with Crippen LogP contribution in [0.15, 0.2) is 54.7 Å². The largest absolute Gasteiger partial charge is 0.353 e. The second-order valence-corrected chi connectivity index (χ2v) is 6.07. The van der Waals surface area contributed by atoms with E-state index in [9.17, 15) is 0 Å². The van der Waals surface area contributed by atoms with Gasteiger partial charge in [-0.3, -0.25) is 0 Å². The third kappa shape index (κ3) is 4.76. The Bertz CT molecular complexity index is 797. The van der Waals surface area contributed by atoms with Crippen LogP contribution in [-0.4, -0.2) is 21.7 Å². The molecular formula is C20H23N5. The van der Waals surface area contributed by atoms with E-state index in [0.717, 1.165) is 25.1 Å². The van der Waals surface area contributed by atoms with Crippen LogP contribution in [0.3, 0.4) is 0 Å². The Morgan fingerprint density at radius 1 is 0.920 bits per heavy atom. The van der Waals surface area contributed by atoms with Gasteiger partial charge in [-0.05, 0) is 43.4 Å². The molecule has 1 aromatic heterocycles. The predicted octanol–water partition coefficient (Wildman–Crippen LogP) is 4.28. The number of anilines is 3. The minimum atomic E-state index is 0.546. The molecule has 0 bridgehead atoms. The number of nitrogens with zero attached hydrogens (tertiary/aromatic N) is 3. The van der Waals surface area contributed by atoms with E-state index >= 15 is 0 Å². The molecule has 1 heterocycles. The molecule has 2 aromatic carbocycles.